The van der Waals surface area contributed by atoms with E-state index in [2.05, 4.69) is 117 Å². The first kappa shape index (κ1) is 23.7. The van der Waals surface area contributed by atoms with Gasteiger partial charge in [-0.3, -0.25) is 0 Å². The molecular weight excluding hydrogens is 543 g/mol. The molecule has 0 amide bonds. The molecular formula is C34H24N4Se. The van der Waals surface area contributed by atoms with Gasteiger partial charge in [0.05, 0.1) is 0 Å². The average Bonchev–Trinajstić information content (AvgIpc) is 3.42. The van der Waals surface area contributed by atoms with Gasteiger partial charge >= 0.3 is 233 Å². The van der Waals surface area contributed by atoms with Crippen LogP contribution in [-0.2, 0) is 0 Å². The molecule has 186 valence electrons. The van der Waals surface area contributed by atoms with Crippen molar-refractivity contribution in [2.24, 2.45) is 0 Å². The molecule has 0 radical (unpaired) electrons. The molecule has 0 fully saturated rings. The monoisotopic (exact) mass is 568 g/mol. The van der Waals surface area contributed by atoms with Gasteiger partial charge in [0.2, 0.25) is 0 Å². The fourth-order valence-electron chi connectivity index (χ4n) is 4.80. The summed E-state index contributed by atoms with van der Waals surface area (Å²) in [6.07, 6.45) is 0. The van der Waals surface area contributed by atoms with Crippen LogP contribution >= 0.6 is 0 Å². The summed E-state index contributed by atoms with van der Waals surface area (Å²) in [5.74, 6) is 1.99. The third kappa shape index (κ3) is 4.46. The molecule has 7 rings (SSSR count). The Bertz CT molecular complexity index is 1890. The van der Waals surface area contributed by atoms with Crippen LogP contribution in [0.2, 0.25) is 0 Å². The fraction of sp³-hybridized carbons (Fsp3) is 0.0588. The van der Waals surface area contributed by atoms with Crippen LogP contribution in [0.3, 0.4) is 0 Å². The Morgan fingerprint density at radius 2 is 1.03 bits per heavy atom. The van der Waals surface area contributed by atoms with Crippen LogP contribution in [0.1, 0.15) is 11.1 Å². The maximum atomic E-state index is 5.11. The standard InChI is InChI=1S/C34H24N4Se/c1-21-12-16-23(17-13-21)31-36-32(24-18-14-22(2)15-19-24)38-33(37-31)28-20-29-30(27-11-7-6-10-26(27)28)39-34(35-29)25-8-4-3-5-9-25/h3-20H,1-2H3. The van der Waals surface area contributed by atoms with E-state index in [0.29, 0.717) is 17.5 Å². The van der Waals surface area contributed by atoms with E-state index in [1.807, 2.05) is 6.07 Å². The van der Waals surface area contributed by atoms with Crippen molar-refractivity contribution < 1.29 is 0 Å². The van der Waals surface area contributed by atoms with E-state index >= 15 is 0 Å². The van der Waals surface area contributed by atoms with Gasteiger partial charge in [-0.15, -0.1) is 0 Å². The Morgan fingerprint density at radius 1 is 0.487 bits per heavy atom. The van der Waals surface area contributed by atoms with Gasteiger partial charge in [0.25, 0.3) is 0 Å². The van der Waals surface area contributed by atoms with E-state index in [9.17, 15) is 0 Å². The summed E-state index contributed by atoms with van der Waals surface area (Å²) < 4.78 is 2.46. The Morgan fingerprint density at radius 3 is 1.64 bits per heavy atom. The molecule has 0 atom stereocenters. The molecule has 0 unspecified atom stereocenters. The average molecular weight is 568 g/mol. The van der Waals surface area contributed by atoms with Gasteiger partial charge in [0.15, 0.2) is 0 Å². The fourth-order valence-corrected chi connectivity index (χ4v) is 7.09. The van der Waals surface area contributed by atoms with Crippen LogP contribution in [0.25, 0.3) is 64.8 Å². The van der Waals surface area contributed by atoms with E-state index in [1.54, 1.807) is 0 Å². The quantitative estimate of drug-likeness (QED) is 0.203. The summed E-state index contributed by atoms with van der Waals surface area (Å²) in [5.41, 5.74) is 7.50. The van der Waals surface area contributed by atoms with Crippen LogP contribution < -0.4 is 0 Å². The molecule has 2 aromatic heterocycles. The molecule has 7 aromatic rings. The van der Waals surface area contributed by atoms with Crippen LogP contribution in [0, 0.1) is 13.8 Å². The van der Waals surface area contributed by atoms with Gasteiger partial charge in [-0.05, 0) is 0 Å². The Hall–Kier alpha value is -4.44. The zero-order chi connectivity index (χ0) is 26.3. The van der Waals surface area contributed by atoms with Crippen LogP contribution in [0.15, 0.2) is 109 Å². The summed E-state index contributed by atoms with van der Waals surface area (Å²) >= 11 is 0.119. The first-order valence-corrected chi connectivity index (χ1v) is 14.6. The zero-order valence-electron chi connectivity index (χ0n) is 21.6. The second kappa shape index (κ2) is 9.70. The molecule has 5 aromatic carbocycles. The predicted molar refractivity (Wildman–Crippen MR) is 161 cm³/mol. The first-order valence-electron chi connectivity index (χ1n) is 12.9. The molecule has 0 aliphatic carbocycles. The molecule has 0 saturated heterocycles. The Balaban J connectivity index is 1.48. The molecule has 0 spiro atoms. The molecule has 4 nitrogen and oxygen atoms in total. The van der Waals surface area contributed by atoms with Gasteiger partial charge in [-0.25, -0.2) is 0 Å². The maximum absolute atomic E-state index is 5.11. The van der Waals surface area contributed by atoms with Crippen molar-refractivity contribution in [1.29, 1.82) is 0 Å². The number of nitrogens with zero attached hydrogens (tertiary/aromatic N) is 4. The third-order valence-corrected chi connectivity index (χ3v) is 9.33. The molecule has 2 heterocycles. The molecule has 0 bridgehead atoms. The summed E-state index contributed by atoms with van der Waals surface area (Å²) in [6.45, 7) is 4.17. The van der Waals surface area contributed by atoms with Crippen molar-refractivity contribution in [3.63, 3.8) is 0 Å². The second-order valence-electron chi connectivity index (χ2n) is 9.74. The summed E-state index contributed by atoms with van der Waals surface area (Å²) in [4.78, 5) is 20.1. The first-order chi connectivity index (χ1) is 19.1. The second-order valence-corrected chi connectivity index (χ2v) is 11.8. The molecule has 0 N–H and O–H groups in total. The van der Waals surface area contributed by atoms with Crippen molar-refractivity contribution in [2.75, 3.05) is 0 Å². The predicted octanol–water partition coefficient (Wildman–Crippen LogP) is 7.91. The number of aryl methyl sites for hydroxylation is 2. The normalized spacial score (nSPS) is 11.3. The van der Waals surface area contributed by atoms with Crippen molar-refractivity contribution in [3.05, 3.63) is 120 Å². The number of benzene rings is 5. The Kier molecular flexibility index (Phi) is 5.89. The number of hydrogen-bond donors (Lipinski definition) is 0. The summed E-state index contributed by atoms with van der Waals surface area (Å²) in [7, 11) is 0. The zero-order valence-corrected chi connectivity index (χ0v) is 23.3. The third-order valence-electron chi connectivity index (χ3n) is 6.91. The molecule has 39 heavy (non-hydrogen) atoms. The van der Waals surface area contributed by atoms with Gasteiger partial charge in [-0.1, -0.05) is 0 Å². The summed E-state index contributed by atoms with van der Waals surface area (Å²) in [6, 6.07) is 37.9. The number of aromatic nitrogens is 4. The summed E-state index contributed by atoms with van der Waals surface area (Å²) in [5, 5.41) is 2.35. The van der Waals surface area contributed by atoms with E-state index in [4.69, 9.17) is 19.9 Å². The van der Waals surface area contributed by atoms with Gasteiger partial charge in [0.1, 0.15) is 0 Å². The minimum absolute atomic E-state index is 0.119. The van der Waals surface area contributed by atoms with Gasteiger partial charge in [0, 0.05) is 0 Å². The van der Waals surface area contributed by atoms with Crippen molar-refractivity contribution in [2.45, 2.75) is 13.8 Å². The van der Waals surface area contributed by atoms with Gasteiger partial charge < -0.3 is 0 Å². The van der Waals surface area contributed by atoms with E-state index < -0.39 is 0 Å². The number of fused-ring (bicyclic) bond motifs is 3. The molecule has 5 heteroatoms. The van der Waals surface area contributed by atoms with Crippen molar-refractivity contribution in [1.82, 2.24) is 19.9 Å². The number of rotatable bonds is 4. The SMILES string of the molecule is Cc1ccc(-c2nc(-c3ccc(C)cc3)nc(-c3cc4nc(-c5ccccc5)[se]c4c4ccccc34)n2)cc1. The van der Waals surface area contributed by atoms with Gasteiger partial charge in [-0.2, -0.15) is 0 Å². The van der Waals surface area contributed by atoms with Crippen LogP contribution in [-0.4, -0.2) is 34.4 Å². The molecule has 0 saturated carbocycles. The van der Waals surface area contributed by atoms with Crippen molar-refractivity contribution >= 4 is 35.1 Å². The molecule has 0 aliphatic heterocycles. The van der Waals surface area contributed by atoms with Crippen LogP contribution in [0.4, 0.5) is 0 Å². The molecule has 0 aliphatic rings. The van der Waals surface area contributed by atoms with E-state index in [0.717, 1.165) is 32.2 Å². The van der Waals surface area contributed by atoms with E-state index in [-0.39, 0.29) is 14.5 Å². The van der Waals surface area contributed by atoms with E-state index in [1.165, 1.54) is 26.3 Å². The van der Waals surface area contributed by atoms with Crippen LogP contribution in [0.5, 0.6) is 0 Å². The minimum atomic E-state index is 0.119. The topological polar surface area (TPSA) is 51.6 Å². The van der Waals surface area contributed by atoms with Crippen molar-refractivity contribution in [3.8, 4) is 44.3 Å². The number of hydrogen-bond acceptors (Lipinski definition) is 4. The Labute approximate surface area is 232 Å².